The molecule has 2 N–H and O–H groups in total. The summed E-state index contributed by atoms with van der Waals surface area (Å²) in [5.74, 6) is 0.0362. The molecule has 0 bridgehead atoms. The maximum Gasteiger partial charge on any atom is 0.305 e. The quantitative estimate of drug-likeness (QED) is 0.819. The summed E-state index contributed by atoms with van der Waals surface area (Å²) in [5.41, 5.74) is 0.298. The van der Waals surface area contributed by atoms with Gasteiger partial charge in [-0.3, -0.25) is 9.59 Å². The molecule has 0 spiro atoms. The van der Waals surface area contributed by atoms with Crippen LogP contribution in [0.5, 0.6) is 0 Å². The zero-order chi connectivity index (χ0) is 14.9. The molecule has 2 rings (SSSR count). The van der Waals surface area contributed by atoms with Crippen molar-refractivity contribution in [2.24, 2.45) is 0 Å². The first kappa shape index (κ1) is 15.5. The summed E-state index contributed by atoms with van der Waals surface area (Å²) in [5, 5.41) is 8.89. The highest BCUT2D eigenvalue weighted by atomic mass is 32.2. The van der Waals surface area contributed by atoms with E-state index >= 15 is 0 Å². The number of carbonyl (C=O) groups is 1. The number of aliphatic carboxylic acids is 1. The van der Waals surface area contributed by atoms with Crippen LogP contribution in [-0.2, 0) is 14.8 Å². The Morgan fingerprint density at radius 1 is 1.55 bits per heavy atom. The summed E-state index contributed by atoms with van der Waals surface area (Å²) >= 11 is 2.17. The minimum atomic E-state index is -3.82. The maximum atomic E-state index is 12.6. The number of thiazole rings is 1. The molecule has 7 nitrogen and oxygen atoms in total. The predicted molar refractivity (Wildman–Crippen MR) is 76.9 cm³/mol. The summed E-state index contributed by atoms with van der Waals surface area (Å²) in [7, 11) is -3.82. The average molecular weight is 338 g/mol. The van der Waals surface area contributed by atoms with Crippen LogP contribution in [0.4, 0.5) is 0 Å². The summed E-state index contributed by atoms with van der Waals surface area (Å²) in [6.45, 7) is 1.78. The van der Waals surface area contributed by atoms with E-state index in [1.807, 2.05) is 0 Å². The fraction of sp³-hybridized carbons (Fsp3) is 0.600. The van der Waals surface area contributed by atoms with Gasteiger partial charge in [0, 0.05) is 29.8 Å². The highest BCUT2D eigenvalue weighted by molar-refractivity contribution is 7.99. The Kier molecular flexibility index (Phi) is 4.57. The molecular weight excluding hydrogens is 324 g/mol. The minimum absolute atomic E-state index is 0.0233. The molecule has 1 aromatic heterocycles. The van der Waals surface area contributed by atoms with Crippen LogP contribution in [0, 0.1) is 6.92 Å². The molecule has 112 valence electrons. The fourth-order valence-corrected chi connectivity index (χ4v) is 6.37. The molecule has 1 aliphatic heterocycles. The molecule has 2 heterocycles. The van der Waals surface area contributed by atoms with Crippen LogP contribution < -0.4 is 4.87 Å². The minimum Gasteiger partial charge on any atom is -0.481 e. The first-order valence-corrected chi connectivity index (χ1v) is 9.24. The van der Waals surface area contributed by atoms with Crippen molar-refractivity contribution in [3.05, 3.63) is 15.4 Å². The Hall–Kier alpha value is -0.840. The molecule has 10 heteroatoms. The Morgan fingerprint density at radius 3 is 2.80 bits per heavy atom. The molecule has 1 atom stereocenters. The second kappa shape index (κ2) is 5.88. The zero-order valence-corrected chi connectivity index (χ0v) is 13.1. The van der Waals surface area contributed by atoms with Gasteiger partial charge in [-0.2, -0.15) is 16.1 Å². The number of aromatic amines is 1. The molecule has 1 aliphatic rings. The molecule has 0 aromatic carbocycles. The second-order valence-electron chi connectivity index (χ2n) is 4.37. The molecular formula is C10H14N2O5S3. The van der Waals surface area contributed by atoms with Crippen molar-refractivity contribution < 1.29 is 18.3 Å². The third-order valence-corrected chi connectivity index (χ3v) is 7.53. The van der Waals surface area contributed by atoms with E-state index in [-0.39, 0.29) is 17.2 Å². The van der Waals surface area contributed by atoms with Crippen molar-refractivity contribution in [3.8, 4) is 0 Å². The summed E-state index contributed by atoms with van der Waals surface area (Å²) < 4.78 is 26.4. The first-order valence-electron chi connectivity index (χ1n) is 5.83. The molecule has 0 amide bonds. The van der Waals surface area contributed by atoms with Gasteiger partial charge in [0.25, 0.3) is 10.0 Å². The number of rotatable bonds is 4. The van der Waals surface area contributed by atoms with Crippen molar-refractivity contribution in [1.29, 1.82) is 0 Å². The largest absolute Gasteiger partial charge is 0.481 e. The van der Waals surface area contributed by atoms with Crippen LogP contribution in [0.3, 0.4) is 0 Å². The maximum absolute atomic E-state index is 12.6. The summed E-state index contributed by atoms with van der Waals surface area (Å²) in [6.07, 6.45) is -0.232. The van der Waals surface area contributed by atoms with Crippen molar-refractivity contribution in [3.63, 3.8) is 0 Å². The number of thioether (sulfide) groups is 1. The number of aromatic nitrogens is 1. The predicted octanol–water partition coefficient (Wildman–Crippen LogP) is 0.326. The van der Waals surface area contributed by atoms with E-state index in [1.54, 1.807) is 0 Å². The fourth-order valence-electron chi connectivity index (χ4n) is 2.06. The number of hydrogen-bond donors (Lipinski definition) is 2. The van der Waals surface area contributed by atoms with E-state index in [0.29, 0.717) is 28.5 Å². The first-order chi connectivity index (χ1) is 9.32. The van der Waals surface area contributed by atoms with Gasteiger partial charge in [-0.05, 0) is 6.92 Å². The van der Waals surface area contributed by atoms with Crippen LogP contribution in [-0.4, -0.2) is 52.9 Å². The van der Waals surface area contributed by atoms with Crippen molar-refractivity contribution >= 4 is 39.1 Å². The monoisotopic (exact) mass is 338 g/mol. The normalized spacial score (nSPS) is 20.9. The molecule has 1 saturated heterocycles. The van der Waals surface area contributed by atoms with Gasteiger partial charge in [-0.15, -0.1) is 0 Å². The van der Waals surface area contributed by atoms with Gasteiger partial charge in [0.1, 0.15) is 0 Å². The molecule has 0 saturated carbocycles. The smallest absolute Gasteiger partial charge is 0.305 e. The van der Waals surface area contributed by atoms with Crippen LogP contribution in [0.15, 0.2) is 9.00 Å². The number of H-pyrrole nitrogens is 1. The number of hydrogen-bond acceptors (Lipinski definition) is 6. The van der Waals surface area contributed by atoms with Gasteiger partial charge in [0.05, 0.1) is 6.42 Å². The molecule has 20 heavy (non-hydrogen) atoms. The third kappa shape index (κ3) is 3.08. The zero-order valence-electron chi connectivity index (χ0n) is 10.7. The van der Waals surface area contributed by atoms with Crippen molar-refractivity contribution in [2.45, 2.75) is 23.6 Å². The lowest BCUT2D eigenvalue weighted by Gasteiger charge is -2.33. The van der Waals surface area contributed by atoms with E-state index in [1.165, 1.54) is 23.0 Å². The number of sulfonamides is 1. The van der Waals surface area contributed by atoms with Gasteiger partial charge >= 0.3 is 10.8 Å². The Morgan fingerprint density at radius 2 is 2.25 bits per heavy atom. The van der Waals surface area contributed by atoms with Crippen LogP contribution in [0.1, 0.15) is 12.1 Å². The lowest BCUT2D eigenvalue weighted by molar-refractivity contribution is -0.137. The Labute approximate surface area is 124 Å². The van der Waals surface area contributed by atoms with Gasteiger partial charge in [-0.1, -0.05) is 11.3 Å². The molecule has 1 fully saturated rings. The highest BCUT2D eigenvalue weighted by Crippen LogP contribution is 2.28. The lowest BCUT2D eigenvalue weighted by atomic mass is 10.2. The Bertz CT molecular complexity index is 663. The number of carboxylic acid groups (broad SMARTS) is 1. The number of nitrogens with one attached hydrogen (secondary N) is 1. The standard InChI is InChI=1S/C10H14N2O5S3/c1-6-9(19-10(15)11-6)20(16,17)12-2-3-18-5-7(12)4-8(13)14/h7H,2-5H2,1H3,(H,11,15)(H,13,14). The molecule has 1 aromatic rings. The van der Waals surface area contributed by atoms with Crippen molar-refractivity contribution in [2.75, 3.05) is 18.1 Å². The van der Waals surface area contributed by atoms with Crippen LogP contribution in [0.25, 0.3) is 0 Å². The lowest BCUT2D eigenvalue weighted by Crippen LogP contribution is -2.46. The van der Waals surface area contributed by atoms with Gasteiger partial charge in [-0.25, -0.2) is 8.42 Å². The van der Waals surface area contributed by atoms with E-state index in [2.05, 4.69) is 4.98 Å². The molecule has 1 unspecified atom stereocenters. The third-order valence-electron chi connectivity index (χ3n) is 2.91. The van der Waals surface area contributed by atoms with E-state index in [0.717, 1.165) is 0 Å². The second-order valence-corrected chi connectivity index (χ2v) is 8.59. The topological polar surface area (TPSA) is 108 Å². The summed E-state index contributed by atoms with van der Waals surface area (Å²) in [4.78, 5) is 24.2. The van der Waals surface area contributed by atoms with Gasteiger partial charge < -0.3 is 10.1 Å². The number of carboxylic acids is 1. The highest BCUT2D eigenvalue weighted by Gasteiger charge is 2.36. The van der Waals surface area contributed by atoms with E-state index < -0.39 is 26.9 Å². The number of nitrogens with zero attached hydrogens (tertiary/aromatic N) is 1. The average Bonchev–Trinajstić information content (AvgIpc) is 2.69. The molecule has 0 aliphatic carbocycles. The van der Waals surface area contributed by atoms with Crippen molar-refractivity contribution in [1.82, 2.24) is 9.29 Å². The van der Waals surface area contributed by atoms with E-state index in [4.69, 9.17) is 5.11 Å². The Balaban J connectivity index is 2.38. The van der Waals surface area contributed by atoms with Gasteiger partial charge in [0.15, 0.2) is 4.21 Å². The SMILES string of the molecule is Cc1[nH]c(=O)sc1S(=O)(=O)N1CCSCC1CC(=O)O. The van der Waals surface area contributed by atoms with Crippen LogP contribution in [0.2, 0.25) is 0 Å². The summed E-state index contributed by atoms with van der Waals surface area (Å²) in [6, 6.07) is -0.576. The van der Waals surface area contributed by atoms with E-state index in [9.17, 15) is 18.0 Å². The molecule has 0 radical (unpaired) electrons. The van der Waals surface area contributed by atoms with Gasteiger partial charge in [0.2, 0.25) is 0 Å². The number of aryl methyl sites for hydroxylation is 1. The van der Waals surface area contributed by atoms with Crippen LogP contribution >= 0.6 is 23.1 Å².